The highest BCUT2D eigenvalue weighted by molar-refractivity contribution is 6.31. The Kier molecular flexibility index (Phi) is 10.3. The summed E-state index contributed by atoms with van der Waals surface area (Å²) in [4.78, 5) is 44.3. The summed E-state index contributed by atoms with van der Waals surface area (Å²) < 4.78 is 66.6. The number of carboxylic acid groups (broad SMARTS) is 1. The SMILES string of the molecule is C[C@H]1C(=O)Nc2cnn(C)c2-c2ccnc(c2)[C@@H](n2cnc(-c3c(-n4cc(Cl)nn4)ccc(Cl)c3F)cc2=O)CCC1F.O=C(O)C(F)(F)F. The first-order valence-corrected chi connectivity index (χ1v) is 15.2. The Balaban J connectivity index is 0.000000630. The zero-order valence-corrected chi connectivity index (χ0v) is 27.2. The second-order valence-electron chi connectivity index (χ2n) is 11.0. The zero-order chi connectivity index (χ0) is 36.5. The third-order valence-corrected chi connectivity index (χ3v) is 8.19. The smallest absolute Gasteiger partial charge is 0.475 e. The van der Waals surface area contributed by atoms with Gasteiger partial charge in [-0.05, 0) is 37.1 Å². The van der Waals surface area contributed by atoms with Crippen LogP contribution in [0.25, 0.3) is 28.2 Å². The molecule has 0 aliphatic carbocycles. The van der Waals surface area contributed by atoms with E-state index in [1.807, 2.05) is 0 Å². The van der Waals surface area contributed by atoms with Gasteiger partial charge in [0.05, 0.1) is 69.7 Å². The minimum absolute atomic E-state index is 0.00840. The lowest BCUT2D eigenvalue weighted by atomic mass is 9.95. The molecular formula is C30H24Cl2F5N9O4. The summed E-state index contributed by atoms with van der Waals surface area (Å²) >= 11 is 12.0. The molecule has 3 atom stereocenters. The number of carboxylic acids is 1. The van der Waals surface area contributed by atoms with Crippen molar-refractivity contribution in [3.8, 4) is 28.2 Å². The van der Waals surface area contributed by atoms with Crippen molar-refractivity contribution in [1.29, 1.82) is 0 Å². The second-order valence-corrected chi connectivity index (χ2v) is 11.7. The molecule has 4 aromatic heterocycles. The summed E-state index contributed by atoms with van der Waals surface area (Å²) in [5.41, 5.74) is 1.76. The Morgan fingerprint density at radius 1 is 1.10 bits per heavy atom. The van der Waals surface area contributed by atoms with Crippen LogP contribution in [0.2, 0.25) is 10.2 Å². The minimum Gasteiger partial charge on any atom is -0.475 e. The van der Waals surface area contributed by atoms with Crippen molar-refractivity contribution in [2.75, 3.05) is 5.32 Å². The highest BCUT2D eigenvalue weighted by Crippen LogP contribution is 2.35. The molecule has 5 heterocycles. The van der Waals surface area contributed by atoms with Crippen LogP contribution in [0.5, 0.6) is 0 Å². The van der Waals surface area contributed by atoms with E-state index < -0.39 is 47.6 Å². The first-order valence-electron chi connectivity index (χ1n) is 14.4. The minimum atomic E-state index is -5.08. The van der Waals surface area contributed by atoms with Crippen LogP contribution in [0.4, 0.5) is 27.6 Å². The van der Waals surface area contributed by atoms with Crippen molar-refractivity contribution >= 4 is 40.8 Å². The molecule has 262 valence electrons. The number of fused-ring (bicyclic) bond motifs is 4. The zero-order valence-electron chi connectivity index (χ0n) is 25.7. The number of benzene rings is 1. The van der Waals surface area contributed by atoms with E-state index in [0.29, 0.717) is 22.6 Å². The number of halogens is 7. The first-order chi connectivity index (χ1) is 23.6. The van der Waals surface area contributed by atoms with Crippen molar-refractivity contribution in [2.24, 2.45) is 13.0 Å². The largest absolute Gasteiger partial charge is 0.490 e. The van der Waals surface area contributed by atoms with Gasteiger partial charge in [0.2, 0.25) is 5.91 Å². The predicted octanol–water partition coefficient (Wildman–Crippen LogP) is 5.66. The number of amides is 1. The van der Waals surface area contributed by atoms with Crippen LogP contribution >= 0.6 is 23.2 Å². The van der Waals surface area contributed by atoms with Crippen LogP contribution in [-0.2, 0) is 16.6 Å². The Hall–Kier alpha value is -5.23. The molecule has 5 aromatic rings. The third kappa shape index (κ3) is 7.50. The number of aryl methyl sites for hydroxylation is 1. The van der Waals surface area contributed by atoms with Gasteiger partial charge in [0, 0.05) is 24.9 Å². The Bertz CT molecular complexity index is 2140. The van der Waals surface area contributed by atoms with E-state index in [1.165, 1.54) is 53.1 Å². The van der Waals surface area contributed by atoms with Crippen molar-refractivity contribution < 1.29 is 36.6 Å². The molecule has 50 heavy (non-hydrogen) atoms. The fraction of sp³-hybridized carbons (Fsp3) is 0.267. The van der Waals surface area contributed by atoms with Crippen molar-refractivity contribution in [3.05, 3.63) is 87.3 Å². The van der Waals surface area contributed by atoms with Gasteiger partial charge in [-0.1, -0.05) is 35.3 Å². The summed E-state index contributed by atoms with van der Waals surface area (Å²) in [7, 11) is 1.72. The number of rotatable bonds is 3. The van der Waals surface area contributed by atoms with Crippen LogP contribution in [0.1, 0.15) is 31.5 Å². The van der Waals surface area contributed by atoms with Gasteiger partial charge in [0.15, 0.2) is 11.0 Å². The molecule has 20 heteroatoms. The number of nitrogens with zero attached hydrogens (tertiary/aromatic N) is 8. The predicted molar refractivity (Wildman–Crippen MR) is 169 cm³/mol. The first kappa shape index (κ1) is 36.1. The number of carbonyl (C=O) groups excluding carboxylic acids is 1. The van der Waals surface area contributed by atoms with E-state index in [9.17, 15) is 22.8 Å². The van der Waals surface area contributed by atoms with Gasteiger partial charge in [-0.25, -0.2) is 23.2 Å². The monoisotopic (exact) mass is 739 g/mol. The van der Waals surface area contributed by atoms with E-state index in [-0.39, 0.29) is 40.0 Å². The molecule has 1 aliphatic rings. The molecule has 0 spiro atoms. The van der Waals surface area contributed by atoms with Crippen LogP contribution in [0.3, 0.4) is 0 Å². The van der Waals surface area contributed by atoms with Crippen molar-refractivity contribution in [1.82, 2.24) is 39.3 Å². The van der Waals surface area contributed by atoms with Crippen LogP contribution in [-0.4, -0.2) is 68.6 Å². The number of nitrogens with one attached hydrogen (secondary N) is 1. The Morgan fingerprint density at radius 3 is 2.46 bits per heavy atom. The lowest BCUT2D eigenvalue weighted by Crippen LogP contribution is -2.31. The number of aliphatic carboxylic acids is 1. The summed E-state index contributed by atoms with van der Waals surface area (Å²) in [6.45, 7) is 1.51. The van der Waals surface area contributed by atoms with Gasteiger partial charge >= 0.3 is 12.1 Å². The quantitative estimate of drug-likeness (QED) is 0.222. The van der Waals surface area contributed by atoms with E-state index in [1.54, 1.807) is 30.1 Å². The number of pyridine rings is 1. The summed E-state index contributed by atoms with van der Waals surface area (Å²) in [5, 5.41) is 21.7. The molecular weight excluding hydrogens is 716 g/mol. The van der Waals surface area contributed by atoms with Gasteiger partial charge in [-0.2, -0.15) is 18.3 Å². The van der Waals surface area contributed by atoms with E-state index in [4.69, 9.17) is 33.1 Å². The second kappa shape index (κ2) is 14.3. The number of carbonyl (C=O) groups is 2. The number of aromatic nitrogens is 8. The average molecular weight is 740 g/mol. The lowest BCUT2D eigenvalue weighted by Gasteiger charge is -2.24. The molecule has 13 nitrogen and oxygen atoms in total. The molecule has 1 unspecified atom stereocenters. The van der Waals surface area contributed by atoms with E-state index >= 15 is 8.78 Å². The van der Waals surface area contributed by atoms with Crippen molar-refractivity contribution in [2.45, 2.75) is 38.2 Å². The highest BCUT2D eigenvalue weighted by atomic mass is 35.5. The maximum Gasteiger partial charge on any atom is 0.490 e. The molecule has 1 aliphatic heterocycles. The van der Waals surface area contributed by atoms with Crippen LogP contribution in [0, 0.1) is 11.7 Å². The Morgan fingerprint density at radius 2 is 1.82 bits per heavy atom. The molecule has 0 radical (unpaired) electrons. The van der Waals surface area contributed by atoms with Crippen LogP contribution in [0.15, 0.2) is 60.0 Å². The molecule has 2 bridgehead atoms. The average Bonchev–Trinajstić information content (AvgIpc) is 3.66. The number of hydrogen-bond acceptors (Lipinski definition) is 8. The standard InChI is InChI=1S/C28H23Cl2F2N9O2.C2HF3O2/c1-14-17(31)4-6-21(18-9-15(7-8-33-18)27-20(36-28(14)43)11-35-39(27)2)40-13-34-19(10-24(40)42)25-22(5-3-16(29)26(25)32)41-12-23(30)37-38-41;3-2(4,5)1(6)7/h3,5,7-14,17,21H,4,6H2,1-2H3,(H,36,43);(H,6,7)/t14-,17?,21+;/m1./s1. The molecule has 0 saturated carbocycles. The van der Waals surface area contributed by atoms with Gasteiger partial charge in [0.1, 0.15) is 6.17 Å². The number of alkyl halides is 4. The van der Waals surface area contributed by atoms with Gasteiger partial charge in [-0.3, -0.25) is 23.8 Å². The lowest BCUT2D eigenvalue weighted by molar-refractivity contribution is -0.192. The third-order valence-electron chi connectivity index (χ3n) is 7.72. The topological polar surface area (TPSA) is 163 Å². The van der Waals surface area contributed by atoms with E-state index in [0.717, 1.165) is 0 Å². The molecule has 0 saturated heterocycles. The maximum atomic E-state index is 15.4. The number of anilines is 1. The molecule has 1 aromatic carbocycles. The van der Waals surface area contributed by atoms with Gasteiger partial charge in [0.25, 0.3) is 5.56 Å². The van der Waals surface area contributed by atoms with Crippen molar-refractivity contribution in [3.63, 3.8) is 0 Å². The normalized spacial score (nSPS) is 17.8. The highest BCUT2D eigenvalue weighted by Gasteiger charge is 2.38. The molecule has 6 rings (SSSR count). The summed E-state index contributed by atoms with van der Waals surface area (Å²) in [5.74, 6) is -5.02. The summed E-state index contributed by atoms with van der Waals surface area (Å²) in [6, 6.07) is 6.78. The fourth-order valence-corrected chi connectivity index (χ4v) is 5.46. The molecule has 2 N–H and O–H groups in total. The number of hydrogen-bond donors (Lipinski definition) is 2. The maximum absolute atomic E-state index is 15.4. The fourth-order valence-electron chi connectivity index (χ4n) is 5.17. The Labute approximate surface area is 288 Å². The van der Waals surface area contributed by atoms with E-state index in [2.05, 4.69) is 30.7 Å². The van der Waals surface area contributed by atoms with Gasteiger partial charge < -0.3 is 10.4 Å². The van der Waals surface area contributed by atoms with Gasteiger partial charge in [-0.15, -0.1) is 5.10 Å². The summed E-state index contributed by atoms with van der Waals surface area (Å²) in [6.07, 6.45) is -0.796. The molecule has 1 amide bonds. The molecule has 0 fully saturated rings. The van der Waals surface area contributed by atoms with Crippen LogP contribution < -0.4 is 10.9 Å².